The molecular weight excluding hydrogens is 360 g/mol. The molecule has 0 bridgehead atoms. The lowest BCUT2D eigenvalue weighted by atomic mass is 9.86. The van der Waals surface area contributed by atoms with Gasteiger partial charge in [0.05, 0.1) is 15.8 Å². The fourth-order valence-electron chi connectivity index (χ4n) is 3.64. The average Bonchev–Trinajstić information content (AvgIpc) is 2.97. The molecule has 1 fully saturated rings. The molecular formula is C20H32N4O2S. The number of aromatic nitrogens is 2. The highest BCUT2D eigenvalue weighted by molar-refractivity contribution is 7.90. The Morgan fingerprint density at radius 3 is 2.44 bits per heavy atom. The van der Waals surface area contributed by atoms with Crippen LogP contribution >= 0.6 is 0 Å². The monoisotopic (exact) mass is 392 g/mol. The number of para-hydroxylation sites is 2. The lowest BCUT2D eigenvalue weighted by molar-refractivity contribution is 0.335. The molecule has 150 valence electrons. The van der Waals surface area contributed by atoms with Gasteiger partial charge < -0.3 is 9.88 Å². The second-order valence-electron chi connectivity index (χ2n) is 8.49. The minimum atomic E-state index is -3.26. The molecule has 1 aromatic carbocycles. The van der Waals surface area contributed by atoms with E-state index in [4.69, 9.17) is 4.98 Å². The summed E-state index contributed by atoms with van der Waals surface area (Å²) < 4.78 is 28.7. The van der Waals surface area contributed by atoms with E-state index in [-0.39, 0.29) is 0 Å². The Hall–Kier alpha value is -1.60. The summed E-state index contributed by atoms with van der Waals surface area (Å²) in [6.07, 6.45) is 4.12. The van der Waals surface area contributed by atoms with Crippen LogP contribution in [0.1, 0.15) is 53.4 Å². The number of imidazole rings is 1. The highest BCUT2D eigenvalue weighted by Gasteiger charge is 2.30. The van der Waals surface area contributed by atoms with Crippen LogP contribution in [0.15, 0.2) is 24.3 Å². The second-order valence-corrected chi connectivity index (χ2v) is 11.0. The third-order valence-corrected chi connectivity index (χ3v) is 7.68. The largest absolute Gasteiger partial charge is 0.353 e. The van der Waals surface area contributed by atoms with E-state index < -0.39 is 14.8 Å². The van der Waals surface area contributed by atoms with E-state index in [2.05, 4.69) is 27.6 Å². The summed E-state index contributed by atoms with van der Waals surface area (Å²) in [5.41, 5.74) is 2.18. The minimum absolute atomic E-state index is 0.391. The van der Waals surface area contributed by atoms with Crippen molar-refractivity contribution in [3.63, 3.8) is 0 Å². The fraction of sp³-hybridized carbons (Fsp3) is 0.650. The Balaban J connectivity index is 1.56. The highest BCUT2D eigenvalue weighted by Crippen LogP contribution is 2.28. The number of benzene rings is 1. The Labute approximate surface area is 162 Å². The van der Waals surface area contributed by atoms with Gasteiger partial charge in [0.1, 0.15) is 0 Å². The molecule has 1 aliphatic rings. The van der Waals surface area contributed by atoms with E-state index in [0.29, 0.717) is 18.5 Å². The Kier molecular flexibility index (Phi) is 5.82. The third-order valence-electron chi connectivity index (χ3n) is 5.52. The van der Waals surface area contributed by atoms with Crippen LogP contribution in [0.4, 0.5) is 5.95 Å². The molecule has 0 amide bonds. The zero-order chi connectivity index (χ0) is 19.7. The molecule has 0 spiro atoms. The van der Waals surface area contributed by atoms with Gasteiger partial charge in [-0.25, -0.2) is 18.1 Å². The standard InChI is InChI=1S/C20H32N4O2S/c1-5-24-18-9-7-6-8-17(18)23-19(24)22-16-12-10-15(11-13-16)14-21-27(25,26)20(2,3)4/h6-9,15-16,21H,5,10-14H2,1-4H3,(H,22,23). The number of nitrogens with zero attached hydrogens (tertiary/aromatic N) is 2. The van der Waals surface area contributed by atoms with E-state index in [1.54, 1.807) is 20.8 Å². The number of nitrogens with one attached hydrogen (secondary N) is 2. The predicted octanol–water partition coefficient (Wildman–Crippen LogP) is 3.74. The Morgan fingerprint density at radius 1 is 1.15 bits per heavy atom. The minimum Gasteiger partial charge on any atom is -0.353 e. The molecule has 3 rings (SSSR count). The molecule has 7 heteroatoms. The molecule has 0 atom stereocenters. The summed E-state index contributed by atoms with van der Waals surface area (Å²) in [4.78, 5) is 4.75. The predicted molar refractivity (Wildman–Crippen MR) is 111 cm³/mol. The SMILES string of the molecule is CCn1c(NC2CCC(CNS(=O)(=O)C(C)(C)C)CC2)nc2ccccc21. The number of aryl methyl sites for hydroxylation is 1. The Bertz CT molecular complexity index is 875. The van der Waals surface area contributed by atoms with Crippen molar-refractivity contribution in [2.45, 2.75) is 70.7 Å². The van der Waals surface area contributed by atoms with Crippen molar-refractivity contribution in [1.29, 1.82) is 0 Å². The maximum Gasteiger partial charge on any atom is 0.216 e. The van der Waals surface area contributed by atoms with Crippen LogP contribution in [0.25, 0.3) is 11.0 Å². The summed E-state index contributed by atoms with van der Waals surface area (Å²) in [7, 11) is -3.26. The Morgan fingerprint density at radius 2 is 1.81 bits per heavy atom. The smallest absolute Gasteiger partial charge is 0.216 e. The van der Waals surface area contributed by atoms with E-state index in [9.17, 15) is 8.42 Å². The van der Waals surface area contributed by atoms with Crippen molar-refractivity contribution in [3.05, 3.63) is 24.3 Å². The van der Waals surface area contributed by atoms with Gasteiger partial charge in [-0.3, -0.25) is 0 Å². The summed E-state index contributed by atoms with van der Waals surface area (Å²) in [5.74, 6) is 1.35. The van der Waals surface area contributed by atoms with E-state index >= 15 is 0 Å². The molecule has 0 aliphatic heterocycles. The molecule has 6 nitrogen and oxygen atoms in total. The molecule has 0 radical (unpaired) electrons. The van der Waals surface area contributed by atoms with E-state index in [1.807, 2.05) is 18.2 Å². The van der Waals surface area contributed by atoms with Crippen molar-refractivity contribution in [2.75, 3.05) is 11.9 Å². The normalized spacial score (nSPS) is 21.5. The second kappa shape index (κ2) is 7.80. The molecule has 0 unspecified atom stereocenters. The summed E-state index contributed by atoms with van der Waals surface area (Å²) in [6.45, 7) is 8.76. The van der Waals surface area contributed by atoms with Gasteiger partial charge in [-0.05, 0) is 71.4 Å². The van der Waals surface area contributed by atoms with Gasteiger partial charge in [0.2, 0.25) is 16.0 Å². The van der Waals surface area contributed by atoms with Gasteiger partial charge >= 0.3 is 0 Å². The van der Waals surface area contributed by atoms with Crippen molar-refractivity contribution >= 4 is 27.0 Å². The molecule has 2 N–H and O–H groups in total. The highest BCUT2D eigenvalue weighted by atomic mass is 32.2. The lowest BCUT2D eigenvalue weighted by Gasteiger charge is -2.30. The molecule has 1 saturated carbocycles. The molecule has 1 aromatic heterocycles. The lowest BCUT2D eigenvalue weighted by Crippen LogP contribution is -2.42. The zero-order valence-corrected chi connectivity index (χ0v) is 17.6. The maximum atomic E-state index is 12.2. The molecule has 1 heterocycles. The summed E-state index contributed by atoms with van der Waals surface area (Å²) >= 11 is 0. The third kappa shape index (κ3) is 4.46. The molecule has 1 aliphatic carbocycles. The number of fused-ring (bicyclic) bond motifs is 1. The van der Waals surface area contributed by atoms with Crippen LogP contribution in [0, 0.1) is 5.92 Å². The maximum absolute atomic E-state index is 12.2. The quantitative estimate of drug-likeness (QED) is 0.785. The zero-order valence-electron chi connectivity index (χ0n) is 16.8. The van der Waals surface area contributed by atoms with Crippen LogP contribution in [0.2, 0.25) is 0 Å². The van der Waals surface area contributed by atoms with Crippen LogP contribution in [0.3, 0.4) is 0 Å². The number of hydrogen-bond acceptors (Lipinski definition) is 4. The average molecular weight is 393 g/mol. The fourth-order valence-corrected chi connectivity index (χ4v) is 4.53. The van der Waals surface area contributed by atoms with E-state index in [0.717, 1.165) is 49.2 Å². The van der Waals surface area contributed by atoms with Crippen LogP contribution in [-0.4, -0.2) is 35.3 Å². The van der Waals surface area contributed by atoms with Crippen molar-refractivity contribution in [1.82, 2.24) is 14.3 Å². The summed E-state index contributed by atoms with van der Waals surface area (Å²) in [5, 5.41) is 3.62. The molecule has 0 saturated heterocycles. The molecule has 2 aromatic rings. The number of sulfonamides is 1. The molecule has 27 heavy (non-hydrogen) atoms. The van der Waals surface area contributed by atoms with Crippen LogP contribution in [0.5, 0.6) is 0 Å². The van der Waals surface area contributed by atoms with Gasteiger partial charge in [0.15, 0.2) is 0 Å². The topological polar surface area (TPSA) is 76.0 Å². The van der Waals surface area contributed by atoms with Gasteiger partial charge in [0.25, 0.3) is 0 Å². The van der Waals surface area contributed by atoms with Crippen molar-refractivity contribution in [3.8, 4) is 0 Å². The first-order valence-electron chi connectivity index (χ1n) is 9.92. The first-order chi connectivity index (χ1) is 12.7. The first kappa shape index (κ1) is 20.1. The van der Waals surface area contributed by atoms with Crippen molar-refractivity contribution in [2.24, 2.45) is 5.92 Å². The van der Waals surface area contributed by atoms with Crippen molar-refractivity contribution < 1.29 is 8.42 Å². The van der Waals surface area contributed by atoms with Crippen LogP contribution in [-0.2, 0) is 16.6 Å². The van der Waals surface area contributed by atoms with Crippen LogP contribution < -0.4 is 10.0 Å². The van der Waals surface area contributed by atoms with Gasteiger partial charge in [-0.15, -0.1) is 0 Å². The van der Waals surface area contributed by atoms with Gasteiger partial charge in [-0.1, -0.05) is 12.1 Å². The van der Waals surface area contributed by atoms with E-state index in [1.165, 1.54) is 0 Å². The first-order valence-corrected chi connectivity index (χ1v) is 11.4. The van der Waals surface area contributed by atoms with Gasteiger partial charge in [0, 0.05) is 19.1 Å². The number of anilines is 1. The number of hydrogen-bond donors (Lipinski definition) is 2. The summed E-state index contributed by atoms with van der Waals surface area (Å²) in [6, 6.07) is 8.61. The number of rotatable bonds is 6. The van der Waals surface area contributed by atoms with Gasteiger partial charge in [-0.2, -0.15) is 0 Å².